The van der Waals surface area contributed by atoms with Gasteiger partial charge in [0.1, 0.15) is 0 Å². The number of nitrogens with zero attached hydrogens (tertiary/aromatic N) is 1. The van der Waals surface area contributed by atoms with Gasteiger partial charge in [-0.2, -0.15) is 0 Å². The Hall–Kier alpha value is -1.59. The molecule has 2 aromatic rings. The van der Waals surface area contributed by atoms with Gasteiger partial charge < -0.3 is 15.0 Å². The van der Waals surface area contributed by atoms with E-state index in [4.69, 9.17) is 4.74 Å². The summed E-state index contributed by atoms with van der Waals surface area (Å²) in [6, 6.07) is 7.91. The lowest BCUT2D eigenvalue weighted by molar-refractivity contribution is 0.179. The lowest BCUT2D eigenvalue weighted by Gasteiger charge is -2.17. The van der Waals surface area contributed by atoms with Gasteiger partial charge >= 0.3 is 6.03 Å². The fourth-order valence-corrected chi connectivity index (χ4v) is 2.58. The second-order valence-corrected chi connectivity index (χ2v) is 5.32. The first-order valence-corrected chi connectivity index (χ1v) is 7.07. The normalized spacial score (nSPS) is 10.6. The fraction of sp³-hybridized carbons (Fsp3) is 0.357. The van der Waals surface area contributed by atoms with Crippen LogP contribution in [0.1, 0.15) is 6.42 Å². The predicted octanol–water partition coefficient (Wildman–Crippen LogP) is 3.40. The molecular weight excluding hydrogens is 260 g/mol. The number of thiophene rings is 1. The van der Waals surface area contributed by atoms with Crippen molar-refractivity contribution < 1.29 is 9.53 Å². The number of amides is 2. The summed E-state index contributed by atoms with van der Waals surface area (Å²) >= 11 is 1.70. The van der Waals surface area contributed by atoms with Crippen molar-refractivity contribution in [1.82, 2.24) is 4.90 Å². The topological polar surface area (TPSA) is 41.6 Å². The van der Waals surface area contributed by atoms with E-state index in [1.54, 1.807) is 30.4 Å². The van der Waals surface area contributed by atoms with Gasteiger partial charge in [0.2, 0.25) is 0 Å². The lowest BCUT2D eigenvalue weighted by Crippen LogP contribution is -2.32. The number of hydrogen-bond donors (Lipinski definition) is 1. The van der Waals surface area contributed by atoms with Gasteiger partial charge in [0, 0.05) is 37.7 Å². The van der Waals surface area contributed by atoms with Crippen molar-refractivity contribution in [2.45, 2.75) is 6.42 Å². The third-order valence-corrected chi connectivity index (χ3v) is 3.79. The van der Waals surface area contributed by atoms with E-state index >= 15 is 0 Å². The van der Waals surface area contributed by atoms with Crippen LogP contribution in [-0.4, -0.2) is 38.2 Å². The van der Waals surface area contributed by atoms with E-state index in [1.165, 1.54) is 4.70 Å². The monoisotopic (exact) mass is 278 g/mol. The van der Waals surface area contributed by atoms with Gasteiger partial charge in [0.15, 0.2) is 0 Å². The summed E-state index contributed by atoms with van der Waals surface area (Å²) in [7, 11) is 3.45. The first-order valence-electron chi connectivity index (χ1n) is 6.19. The van der Waals surface area contributed by atoms with Crippen molar-refractivity contribution in [1.29, 1.82) is 0 Å². The smallest absolute Gasteiger partial charge is 0.321 e. The number of anilines is 1. The number of ether oxygens (including phenoxy) is 1. The van der Waals surface area contributed by atoms with E-state index < -0.39 is 0 Å². The molecular formula is C14H18N2O2S. The molecule has 0 fully saturated rings. The van der Waals surface area contributed by atoms with Gasteiger partial charge in [0.05, 0.1) is 0 Å². The van der Waals surface area contributed by atoms with E-state index in [2.05, 4.69) is 11.4 Å². The largest absolute Gasteiger partial charge is 0.385 e. The van der Waals surface area contributed by atoms with E-state index in [9.17, 15) is 4.79 Å². The van der Waals surface area contributed by atoms with Gasteiger partial charge in [0.25, 0.3) is 0 Å². The molecule has 2 amide bonds. The van der Waals surface area contributed by atoms with Gasteiger partial charge in [-0.25, -0.2) is 4.79 Å². The highest BCUT2D eigenvalue weighted by Crippen LogP contribution is 2.24. The van der Waals surface area contributed by atoms with Crippen LogP contribution in [0.2, 0.25) is 0 Å². The van der Waals surface area contributed by atoms with E-state index in [0.29, 0.717) is 13.2 Å². The number of carbonyl (C=O) groups is 1. The molecule has 102 valence electrons. The van der Waals surface area contributed by atoms with Crippen LogP contribution in [0.4, 0.5) is 10.5 Å². The molecule has 1 aromatic carbocycles. The second kappa shape index (κ2) is 6.54. The molecule has 0 spiro atoms. The quantitative estimate of drug-likeness (QED) is 0.852. The summed E-state index contributed by atoms with van der Waals surface area (Å²) in [6.45, 7) is 1.35. The molecule has 0 atom stereocenters. The number of methoxy groups -OCH3 is 1. The minimum atomic E-state index is -0.0920. The minimum Gasteiger partial charge on any atom is -0.385 e. The zero-order valence-corrected chi connectivity index (χ0v) is 12.0. The first-order chi connectivity index (χ1) is 9.20. The van der Waals surface area contributed by atoms with Gasteiger partial charge in [-0.3, -0.25) is 0 Å². The summed E-state index contributed by atoms with van der Waals surface area (Å²) in [5.41, 5.74) is 0.828. The highest BCUT2D eigenvalue weighted by molar-refractivity contribution is 7.17. The molecule has 0 radical (unpaired) electrons. The average molecular weight is 278 g/mol. The fourth-order valence-electron chi connectivity index (χ4n) is 1.81. The molecule has 0 aliphatic heterocycles. The average Bonchev–Trinajstić information content (AvgIpc) is 2.86. The Bertz CT molecular complexity index is 553. The molecule has 4 nitrogen and oxygen atoms in total. The van der Waals surface area contributed by atoms with Crippen LogP contribution in [0.3, 0.4) is 0 Å². The molecule has 5 heteroatoms. The van der Waals surface area contributed by atoms with E-state index in [0.717, 1.165) is 17.5 Å². The zero-order valence-electron chi connectivity index (χ0n) is 11.2. The first kappa shape index (κ1) is 13.8. The van der Waals surface area contributed by atoms with Crippen molar-refractivity contribution in [3.63, 3.8) is 0 Å². The Kier molecular flexibility index (Phi) is 4.76. The van der Waals surface area contributed by atoms with Crippen LogP contribution >= 0.6 is 11.3 Å². The predicted molar refractivity (Wildman–Crippen MR) is 80.0 cm³/mol. The summed E-state index contributed by atoms with van der Waals surface area (Å²) in [5.74, 6) is 0. The number of benzene rings is 1. The Morgan fingerprint density at radius 1 is 1.42 bits per heavy atom. The molecule has 0 aliphatic carbocycles. The maximum absolute atomic E-state index is 12.0. The van der Waals surface area contributed by atoms with Crippen molar-refractivity contribution in [2.75, 3.05) is 32.6 Å². The number of carbonyl (C=O) groups excluding carboxylic acids is 1. The van der Waals surface area contributed by atoms with Crippen molar-refractivity contribution in [2.24, 2.45) is 0 Å². The van der Waals surface area contributed by atoms with Crippen molar-refractivity contribution >= 4 is 33.1 Å². The number of fused-ring (bicyclic) bond motifs is 1. The molecule has 1 aromatic heterocycles. The van der Waals surface area contributed by atoms with Gasteiger partial charge in [-0.05, 0) is 41.5 Å². The highest BCUT2D eigenvalue weighted by atomic mass is 32.1. The van der Waals surface area contributed by atoms with Crippen molar-refractivity contribution in [3.05, 3.63) is 29.6 Å². The molecule has 0 aliphatic rings. The molecule has 1 heterocycles. The van der Waals surface area contributed by atoms with Crippen molar-refractivity contribution in [3.8, 4) is 0 Å². The zero-order chi connectivity index (χ0) is 13.7. The SMILES string of the molecule is COCCCN(C)C(=O)Nc1ccc2sccc2c1. The number of hydrogen-bond acceptors (Lipinski definition) is 3. The molecule has 19 heavy (non-hydrogen) atoms. The van der Waals surface area contributed by atoms with E-state index in [-0.39, 0.29) is 6.03 Å². The Morgan fingerprint density at radius 3 is 3.05 bits per heavy atom. The van der Waals surface area contributed by atoms with Crippen LogP contribution in [0, 0.1) is 0 Å². The molecule has 1 N–H and O–H groups in total. The van der Waals surface area contributed by atoms with Gasteiger partial charge in [-0.15, -0.1) is 11.3 Å². The van der Waals surface area contributed by atoms with Crippen LogP contribution in [0.25, 0.3) is 10.1 Å². The van der Waals surface area contributed by atoms with Crippen LogP contribution in [0.15, 0.2) is 29.6 Å². The summed E-state index contributed by atoms with van der Waals surface area (Å²) in [4.78, 5) is 13.6. The Labute approximate surface area is 117 Å². The molecule has 0 unspecified atom stereocenters. The third-order valence-electron chi connectivity index (χ3n) is 2.89. The minimum absolute atomic E-state index is 0.0920. The van der Waals surface area contributed by atoms with Crippen LogP contribution in [-0.2, 0) is 4.74 Å². The standard InChI is InChI=1S/C14H18N2O2S/c1-16(7-3-8-18-2)14(17)15-12-4-5-13-11(10-12)6-9-19-13/h4-6,9-10H,3,7-8H2,1-2H3,(H,15,17). The van der Waals surface area contributed by atoms with Gasteiger partial charge in [-0.1, -0.05) is 0 Å². The maximum Gasteiger partial charge on any atom is 0.321 e. The summed E-state index contributed by atoms with van der Waals surface area (Å²) in [5, 5.41) is 6.11. The summed E-state index contributed by atoms with van der Waals surface area (Å²) in [6.07, 6.45) is 0.837. The Morgan fingerprint density at radius 2 is 2.26 bits per heavy atom. The lowest BCUT2D eigenvalue weighted by atomic mass is 10.2. The molecule has 0 bridgehead atoms. The molecule has 0 saturated heterocycles. The third kappa shape index (κ3) is 3.68. The van der Waals surface area contributed by atoms with Crippen LogP contribution < -0.4 is 5.32 Å². The van der Waals surface area contributed by atoms with Crippen LogP contribution in [0.5, 0.6) is 0 Å². The molecule has 2 rings (SSSR count). The summed E-state index contributed by atoms with van der Waals surface area (Å²) < 4.78 is 6.20. The number of urea groups is 1. The van der Waals surface area contributed by atoms with E-state index in [1.807, 2.05) is 23.6 Å². The molecule has 0 saturated carbocycles. The second-order valence-electron chi connectivity index (χ2n) is 4.37. The highest BCUT2D eigenvalue weighted by Gasteiger charge is 2.08. The Balaban J connectivity index is 1.93. The number of nitrogens with one attached hydrogen (secondary N) is 1. The number of rotatable bonds is 5. The maximum atomic E-state index is 12.0.